The van der Waals surface area contributed by atoms with Crippen LogP contribution in [0.1, 0.15) is 11.6 Å². The lowest BCUT2D eigenvalue weighted by Gasteiger charge is -2.23. The Kier molecular flexibility index (Phi) is 7.06. The van der Waals surface area contributed by atoms with Gasteiger partial charge in [0.05, 0.1) is 11.7 Å². The van der Waals surface area contributed by atoms with Crippen LogP contribution in [0.15, 0.2) is 54.6 Å². The van der Waals surface area contributed by atoms with E-state index >= 15 is 0 Å². The molecule has 0 aliphatic heterocycles. The van der Waals surface area contributed by atoms with Gasteiger partial charge in [0.2, 0.25) is 0 Å². The maximum atomic E-state index is 12.4. The zero-order valence-electron chi connectivity index (χ0n) is 15.1. The lowest BCUT2D eigenvalue weighted by molar-refractivity contribution is -0.153. The molecule has 0 aliphatic rings. The van der Waals surface area contributed by atoms with Crippen LogP contribution < -0.4 is 15.4 Å². The highest BCUT2D eigenvalue weighted by Crippen LogP contribution is 2.26. The molecule has 27 heavy (non-hydrogen) atoms. The van der Waals surface area contributed by atoms with Gasteiger partial charge in [0.25, 0.3) is 0 Å². The third-order valence-electron chi connectivity index (χ3n) is 3.58. The molecule has 2 rings (SSSR count). The second-order valence-corrected chi connectivity index (χ2v) is 6.22. The molecule has 0 aliphatic carbocycles. The molecule has 0 heterocycles. The van der Waals surface area contributed by atoms with Crippen molar-refractivity contribution < 1.29 is 22.7 Å². The Labute approximate surface area is 156 Å². The maximum Gasteiger partial charge on any atom is 0.422 e. The van der Waals surface area contributed by atoms with Crippen LogP contribution in [0.4, 0.5) is 23.7 Å². The molecule has 8 heteroatoms. The Morgan fingerprint density at radius 1 is 1.07 bits per heavy atom. The highest BCUT2D eigenvalue weighted by atomic mass is 19.4. The first-order valence-electron chi connectivity index (χ1n) is 8.30. The number of likely N-dealkylation sites (N-methyl/N-ethyl adjacent to an activating group) is 1. The number of benzene rings is 2. The van der Waals surface area contributed by atoms with Crippen molar-refractivity contribution in [3.8, 4) is 5.75 Å². The van der Waals surface area contributed by atoms with Crippen LogP contribution in [0, 0.1) is 0 Å². The van der Waals surface area contributed by atoms with Crippen molar-refractivity contribution in [1.82, 2.24) is 10.2 Å². The van der Waals surface area contributed by atoms with Crippen molar-refractivity contribution in [2.75, 3.05) is 32.6 Å². The van der Waals surface area contributed by atoms with E-state index in [0.29, 0.717) is 6.54 Å². The van der Waals surface area contributed by atoms with Gasteiger partial charge in [-0.2, -0.15) is 13.2 Å². The number of urea groups is 1. The number of para-hydroxylation sites is 2. The van der Waals surface area contributed by atoms with Crippen LogP contribution in [-0.2, 0) is 0 Å². The van der Waals surface area contributed by atoms with Crippen molar-refractivity contribution in [2.45, 2.75) is 12.2 Å². The zero-order chi connectivity index (χ0) is 19.9. The number of hydrogen-bond acceptors (Lipinski definition) is 3. The largest absolute Gasteiger partial charge is 0.482 e. The van der Waals surface area contributed by atoms with Gasteiger partial charge in [-0.3, -0.25) is 0 Å². The SMILES string of the molecule is CN(C)CC(NC(=O)Nc1ccccc1OCC(F)(F)F)c1ccccc1. The predicted molar refractivity (Wildman–Crippen MR) is 97.9 cm³/mol. The van der Waals surface area contributed by atoms with Crippen LogP contribution in [-0.4, -0.2) is 44.4 Å². The van der Waals surface area contributed by atoms with Crippen molar-refractivity contribution in [3.63, 3.8) is 0 Å². The summed E-state index contributed by atoms with van der Waals surface area (Å²) in [7, 11) is 3.77. The van der Waals surface area contributed by atoms with Gasteiger partial charge in [-0.25, -0.2) is 4.79 Å². The van der Waals surface area contributed by atoms with E-state index < -0.39 is 18.8 Å². The summed E-state index contributed by atoms with van der Waals surface area (Å²) >= 11 is 0. The minimum Gasteiger partial charge on any atom is -0.482 e. The highest BCUT2D eigenvalue weighted by molar-refractivity contribution is 5.91. The van der Waals surface area contributed by atoms with E-state index in [1.807, 2.05) is 49.3 Å². The fourth-order valence-electron chi connectivity index (χ4n) is 2.46. The smallest absolute Gasteiger partial charge is 0.422 e. The first kappa shape index (κ1) is 20.6. The predicted octanol–water partition coefficient (Wildman–Crippen LogP) is 4.05. The highest BCUT2D eigenvalue weighted by Gasteiger charge is 2.29. The number of rotatable bonds is 7. The van der Waals surface area contributed by atoms with Crippen molar-refractivity contribution in [1.29, 1.82) is 0 Å². The van der Waals surface area contributed by atoms with Crippen LogP contribution >= 0.6 is 0 Å². The minimum absolute atomic E-state index is 0.0474. The number of carbonyl (C=O) groups excluding carboxylic acids is 1. The van der Waals surface area contributed by atoms with Crippen LogP contribution in [0.5, 0.6) is 5.75 Å². The number of ether oxygens (including phenoxy) is 1. The summed E-state index contributed by atoms with van der Waals surface area (Å²) in [6.45, 7) is -0.871. The molecule has 0 saturated carbocycles. The Bertz CT molecular complexity index is 736. The summed E-state index contributed by atoms with van der Waals surface area (Å²) in [5.74, 6) is -0.0474. The van der Waals surface area contributed by atoms with E-state index in [1.165, 1.54) is 18.2 Å². The zero-order valence-corrected chi connectivity index (χ0v) is 15.1. The third-order valence-corrected chi connectivity index (χ3v) is 3.58. The van der Waals surface area contributed by atoms with Gasteiger partial charge >= 0.3 is 12.2 Å². The molecule has 146 valence electrons. The van der Waals surface area contributed by atoms with Crippen LogP contribution in [0.2, 0.25) is 0 Å². The standard InChI is InChI=1S/C19H22F3N3O2/c1-25(2)12-16(14-8-4-3-5-9-14)24-18(26)23-15-10-6-7-11-17(15)27-13-19(20,21)22/h3-11,16H,12-13H2,1-2H3,(H2,23,24,26). The minimum atomic E-state index is -4.46. The summed E-state index contributed by atoms with van der Waals surface area (Å²) in [6.07, 6.45) is -4.46. The normalized spacial score (nSPS) is 12.5. The van der Waals surface area contributed by atoms with E-state index in [9.17, 15) is 18.0 Å². The molecule has 2 amide bonds. The van der Waals surface area contributed by atoms with Gasteiger partial charge in [-0.05, 0) is 31.8 Å². The molecule has 0 fully saturated rings. The van der Waals surface area contributed by atoms with Gasteiger partial charge in [0, 0.05) is 6.54 Å². The first-order valence-corrected chi connectivity index (χ1v) is 8.30. The second kappa shape index (κ2) is 9.27. The molecule has 0 aromatic heterocycles. The fourth-order valence-corrected chi connectivity index (χ4v) is 2.46. The molecule has 2 aromatic carbocycles. The molecule has 1 unspecified atom stereocenters. The summed E-state index contributed by atoms with van der Waals surface area (Å²) in [6, 6.07) is 14.6. The average molecular weight is 381 g/mol. The number of nitrogens with one attached hydrogen (secondary N) is 2. The summed E-state index contributed by atoms with van der Waals surface area (Å²) in [4.78, 5) is 14.3. The lowest BCUT2D eigenvalue weighted by Crippen LogP contribution is -2.37. The number of halogens is 3. The monoisotopic (exact) mass is 381 g/mol. The maximum absolute atomic E-state index is 12.4. The molecular weight excluding hydrogens is 359 g/mol. The van der Waals surface area contributed by atoms with Crippen LogP contribution in [0.3, 0.4) is 0 Å². The Balaban J connectivity index is 2.07. The van der Waals surface area contributed by atoms with Crippen LogP contribution in [0.25, 0.3) is 0 Å². The molecule has 0 bridgehead atoms. The lowest BCUT2D eigenvalue weighted by atomic mass is 10.1. The van der Waals surface area contributed by atoms with Gasteiger partial charge < -0.3 is 20.3 Å². The molecular formula is C19H22F3N3O2. The number of alkyl halides is 3. The van der Waals surface area contributed by atoms with Gasteiger partial charge in [0.1, 0.15) is 5.75 Å². The quantitative estimate of drug-likeness (QED) is 0.761. The number of carbonyl (C=O) groups is 1. The van der Waals surface area contributed by atoms with E-state index in [0.717, 1.165) is 5.56 Å². The Hall–Kier alpha value is -2.74. The molecule has 1 atom stereocenters. The van der Waals surface area contributed by atoms with Gasteiger partial charge in [0.15, 0.2) is 6.61 Å². The number of nitrogens with zero attached hydrogens (tertiary/aromatic N) is 1. The number of amides is 2. The Morgan fingerprint density at radius 3 is 2.33 bits per heavy atom. The van der Waals surface area contributed by atoms with E-state index in [-0.39, 0.29) is 17.5 Å². The number of anilines is 1. The van der Waals surface area contributed by atoms with Crippen molar-refractivity contribution >= 4 is 11.7 Å². The van der Waals surface area contributed by atoms with E-state index in [2.05, 4.69) is 10.6 Å². The fraction of sp³-hybridized carbons (Fsp3) is 0.316. The van der Waals surface area contributed by atoms with E-state index in [4.69, 9.17) is 4.74 Å². The van der Waals surface area contributed by atoms with Crippen molar-refractivity contribution in [2.24, 2.45) is 0 Å². The summed E-state index contributed by atoms with van der Waals surface area (Å²) in [5, 5.41) is 5.40. The summed E-state index contributed by atoms with van der Waals surface area (Å²) in [5.41, 5.74) is 1.08. The molecule has 2 N–H and O–H groups in total. The average Bonchev–Trinajstić information content (AvgIpc) is 2.60. The molecule has 2 aromatic rings. The molecule has 0 radical (unpaired) electrons. The molecule has 0 spiro atoms. The van der Waals surface area contributed by atoms with Crippen molar-refractivity contribution in [3.05, 3.63) is 60.2 Å². The van der Waals surface area contributed by atoms with E-state index in [1.54, 1.807) is 6.07 Å². The Morgan fingerprint density at radius 2 is 1.70 bits per heavy atom. The third kappa shape index (κ3) is 7.18. The topological polar surface area (TPSA) is 53.6 Å². The molecule has 5 nitrogen and oxygen atoms in total. The summed E-state index contributed by atoms with van der Waals surface area (Å²) < 4.78 is 41.9. The van der Waals surface area contributed by atoms with Gasteiger partial charge in [-0.1, -0.05) is 42.5 Å². The number of hydrogen-bond donors (Lipinski definition) is 2. The molecule has 0 saturated heterocycles. The first-order chi connectivity index (χ1) is 12.7. The van der Waals surface area contributed by atoms with Gasteiger partial charge in [-0.15, -0.1) is 0 Å². The second-order valence-electron chi connectivity index (χ2n) is 6.22.